The fourth-order valence-corrected chi connectivity index (χ4v) is 2.49. The number of carbonyl (C=O) groups is 1. The first kappa shape index (κ1) is 14.4. The Balaban J connectivity index is 2.48. The molecule has 1 aromatic carbocycles. The lowest BCUT2D eigenvalue weighted by Crippen LogP contribution is -2.10. The zero-order chi connectivity index (χ0) is 14.9. The van der Waals surface area contributed by atoms with Gasteiger partial charge in [0.25, 0.3) is 0 Å². The van der Waals surface area contributed by atoms with Crippen molar-refractivity contribution in [1.82, 2.24) is 0 Å². The number of aromatic hydroxyl groups is 1. The van der Waals surface area contributed by atoms with Gasteiger partial charge < -0.3 is 9.84 Å². The number of rotatable bonds is 3. The van der Waals surface area contributed by atoms with E-state index in [1.807, 2.05) is 19.9 Å². The van der Waals surface area contributed by atoms with Crippen LogP contribution in [-0.4, -0.2) is 11.1 Å². The van der Waals surface area contributed by atoms with Gasteiger partial charge in [-0.1, -0.05) is 18.6 Å². The Bertz CT molecular complexity index is 596. The molecule has 106 valence electrons. The molecule has 1 atom stereocenters. The molecule has 1 aromatic rings. The predicted molar refractivity (Wildman–Crippen MR) is 79.0 cm³/mol. The van der Waals surface area contributed by atoms with E-state index in [0.717, 1.165) is 23.1 Å². The van der Waals surface area contributed by atoms with Crippen LogP contribution >= 0.6 is 0 Å². The summed E-state index contributed by atoms with van der Waals surface area (Å²) in [4.78, 5) is 11.9. The summed E-state index contributed by atoms with van der Waals surface area (Å²) in [7, 11) is 0. The summed E-state index contributed by atoms with van der Waals surface area (Å²) in [5.41, 5.74) is 3.36. The van der Waals surface area contributed by atoms with Crippen molar-refractivity contribution >= 4 is 5.97 Å². The Kier molecular flexibility index (Phi) is 3.98. The second kappa shape index (κ2) is 5.53. The lowest BCUT2D eigenvalue weighted by Gasteiger charge is -2.18. The van der Waals surface area contributed by atoms with Gasteiger partial charge in [0.2, 0.25) is 0 Å². The highest BCUT2D eigenvalue weighted by Crippen LogP contribution is 2.38. The summed E-state index contributed by atoms with van der Waals surface area (Å²) in [6.45, 7) is 9.67. The van der Waals surface area contributed by atoms with Crippen LogP contribution in [0.15, 0.2) is 35.9 Å². The topological polar surface area (TPSA) is 46.5 Å². The van der Waals surface area contributed by atoms with Crippen molar-refractivity contribution in [3.8, 4) is 11.5 Å². The van der Waals surface area contributed by atoms with Crippen LogP contribution in [0, 0.1) is 0 Å². The normalized spacial score (nSPS) is 15.8. The second-order valence-electron chi connectivity index (χ2n) is 5.57. The van der Waals surface area contributed by atoms with Gasteiger partial charge in [0.15, 0.2) is 0 Å². The molecule has 1 heterocycles. The minimum Gasteiger partial charge on any atom is -0.508 e. The van der Waals surface area contributed by atoms with Crippen LogP contribution in [0.2, 0.25) is 0 Å². The quantitative estimate of drug-likeness (QED) is 0.516. The van der Waals surface area contributed by atoms with Gasteiger partial charge in [0, 0.05) is 16.7 Å². The molecule has 0 fully saturated rings. The fourth-order valence-electron chi connectivity index (χ4n) is 2.49. The third-order valence-electron chi connectivity index (χ3n) is 3.51. The van der Waals surface area contributed by atoms with Crippen molar-refractivity contribution < 1.29 is 14.6 Å². The highest BCUT2D eigenvalue weighted by atomic mass is 16.5. The Hall–Kier alpha value is -2.03. The molecule has 0 saturated carbocycles. The zero-order valence-electron chi connectivity index (χ0n) is 12.2. The highest BCUT2D eigenvalue weighted by molar-refractivity contribution is 5.90. The number of phenols is 1. The molecule has 1 aliphatic heterocycles. The average Bonchev–Trinajstić information content (AvgIpc) is 2.49. The molecule has 0 amide bonds. The van der Waals surface area contributed by atoms with Crippen LogP contribution in [0.25, 0.3) is 0 Å². The number of hydrogen-bond donors (Lipinski definition) is 1. The predicted octanol–water partition coefficient (Wildman–Crippen LogP) is 3.87. The van der Waals surface area contributed by atoms with Crippen LogP contribution in [0.1, 0.15) is 44.2 Å². The number of hydrogen-bond acceptors (Lipinski definition) is 3. The lowest BCUT2D eigenvalue weighted by atomic mass is 9.91. The third-order valence-corrected chi connectivity index (χ3v) is 3.51. The van der Waals surface area contributed by atoms with Crippen molar-refractivity contribution in [2.45, 2.75) is 39.5 Å². The van der Waals surface area contributed by atoms with E-state index in [2.05, 4.69) is 6.58 Å². The minimum absolute atomic E-state index is 0.138. The Morgan fingerprint density at radius 1 is 1.50 bits per heavy atom. The van der Waals surface area contributed by atoms with E-state index < -0.39 is 0 Å². The number of phenolic OH excluding ortho intramolecular Hbond substituents is 1. The van der Waals surface area contributed by atoms with Gasteiger partial charge in [-0.2, -0.15) is 0 Å². The summed E-state index contributed by atoms with van der Waals surface area (Å²) >= 11 is 0. The van der Waals surface area contributed by atoms with Crippen molar-refractivity contribution in [3.05, 3.63) is 47.1 Å². The van der Waals surface area contributed by atoms with Gasteiger partial charge in [-0.25, -0.2) is 4.79 Å². The largest absolute Gasteiger partial charge is 0.508 e. The maximum absolute atomic E-state index is 11.9. The summed E-state index contributed by atoms with van der Waals surface area (Å²) < 4.78 is 5.51. The van der Waals surface area contributed by atoms with Gasteiger partial charge in [0.1, 0.15) is 11.5 Å². The van der Waals surface area contributed by atoms with Crippen LogP contribution in [0.3, 0.4) is 0 Å². The standard InChI is InChI=1S/C17H20O3/c1-10(2)7-12(4)15-9-14(18)8-13-6-5-11(3)17(19)20-16(13)15/h5,8-9,12,18H,1,6-7H2,2-4H3. The number of carbonyl (C=O) groups excluding carboxylic acids is 1. The zero-order valence-corrected chi connectivity index (χ0v) is 12.2. The molecule has 20 heavy (non-hydrogen) atoms. The molecule has 0 aromatic heterocycles. The van der Waals surface area contributed by atoms with Crippen molar-refractivity contribution in [1.29, 1.82) is 0 Å². The van der Waals surface area contributed by atoms with Gasteiger partial charge in [-0.15, -0.1) is 6.58 Å². The molecule has 0 bridgehead atoms. The van der Waals surface area contributed by atoms with E-state index in [1.165, 1.54) is 0 Å². The number of esters is 1. The smallest absolute Gasteiger partial charge is 0.338 e. The monoisotopic (exact) mass is 272 g/mol. The van der Waals surface area contributed by atoms with E-state index in [0.29, 0.717) is 17.7 Å². The number of allylic oxidation sites excluding steroid dienone is 2. The number of ether oxygens (including phenoxy) is 1. The van der Waals surface area contributed by atoms with Gasteiger partial charge in [-0.05, 0) is 44.7 Å². The molecule has 0 aliphatic carbocycles. The van der Waals surface area contributed by atoms with E-state index in [-0.39, 0.29) is 17.6 Å². The molecule has 1 N–H and O–H groups in total. The first-order valence-electron chi connectivity index (χ1n) is 6.77. The van der Waals surface area contributed by atoms with Crippen molar-refractivity contribution in [2.75, 3.05) is 0 Å². The molecule has 1 unspecified atom stereocenters. The maximum atomic E-state index is 11.9. The molecule has 1 aliphatic rings. The molecule has 3 heteroatoms. The molecule has 0 spiro atoms. The summed E-state index contributed by atoms with van der Waals surface area (Å²) in [6, 6.07) is 3.34. The Morgan fingerprint density at radius 3 is 2.85 bits per heavy atom. The van der Waals surface area contributed by atoms with E-state index >= 15 is 0 Å². The second-order valence-corrected chi connectivity index (χ2v) is 5.57. The summed E-state index contributed by atoms with van der Waals surface area (Å²) in [5.74, 6) is 0.615. The fraction of sp³-hybridized carbons (Fsp3) is 0.353. The Morgan fingerprint density at radius 2 is 2.20 bits per heavy atom. The van der Waals surface area contributed by atoms with Gasteiger partial charge >= 0.3 is 5.97 Å². The average molecular weight is 272 g/mol. The van der Waals surface area contributed by atoms with Crippen LogP contribution < -0.4 is 4.74 Å². The van der Waals surface area contributed by atoms with Crippen molar-refractivity contribution in [2.24, 2.45) is 0 Å². The van der Waals surface area contributed by atoms with Crippen molar-refractivity contribution in [3.63, 3.8) is 0 Å². The van der Waals surface area contributed by atoms with E-state index in [4.69, 9.17) is 4.74 Å². The Labute approximate surface area is 119 Å². The van der Waals surface area contributed by atoms with Crippen LogP contribution in [-0.2, 0) is 11.2 Å². The van der Waals surface area contributed by atoms with Gasteiger partial charge in [-0.3, -0.25) is 0 Å². The molecule has 0 radical (unpaired) electrons. The van der Waals surface area contributed by atoms with Crippen LogP contribution in [0.5, 0.6) is 11.5 Å². The number of fused-ring (bicyclic) bond motifs is 1. The first-order chi connectivity index (χ1) is 9.38. The SMILES string of the molecule is C=C(C)CC(C)c1cc(O)cc2c1OC(=O)C(C)=CC2. The van der Waals surface area contributed by atoms with E-state index in [9.17, 15) is 9.90 Å². The van der Waals surface area contributed by atoms with Crippen LogP contribution in [0.4, 0.5) is 0 Å². The number of benzene rings is 1. The molecular weight excluding hydrogens is 252 g/mol. The van der Waals surface area contributed by atoms with Gasteiger partial charge in [0.05, 0.1) is 0 Å². The molecule has 0 saturated heterocycles. The third kappa shape index (κ3) is 2.93. The molecular formula is C17H20O3. The summed E-state index contributed by atoms with van der Waals surface area (Å²) in [6.07, 6.45) is 3.22. The summed E-state index contributed by atoms with van der Waals surface area (Å²) in [5, 5.41) is 9.89. The first-order valence-corrected chi connectivity index (χ1v) is 6.77. The molecule has 3 nitrogen and oxygen atoms in total. The maximum Gasteiger partial charge on any atom is 0.338 e. The van der Waals surface area contributed by atoms with E-state index in [1.54, 1.807) is 19.1 Å². The molecule has 2 rings (SSSR count). The minimum atomic E-state index is -0.321. The highest BCUT2D eigenvalue weighted by Gasteiger charge is 2.22. The lowest BCUT2D eigenvalue weighted by molar-refractivity contribution is -0.130.